The van der Waals surface area contributed by atoms with Crippen molar-refractivity contribution in [1.82, 2.24) is 0 Å². The van der Waals surface area contributed by atoms with Gasteiger partial charge in [-0.2, -0.15) is 0 Å². The summed E-state index contributed by atoms with van der Waals surface area (Å²) < 4.78 is 0. The van der Waals surface area contributed by atoms with E-state index in [1.54, 1.807) is 0 Å². The molecule has 7 N–H and O–H groups in total. The quantitative estimate of drug-likeness (QED) is 0.375. The number of nitrogen functional groups attached to an aromatic ring is 2. The van der Waals surface area contributed by atoms with Crippen LogP contribution in [0.3, 0.4) is 0 Å². The molecule has 0 amide bonds. The van der Waals surface area contributed by atoms with Crippen molar-refractivity contribution in [2.45, 2.75) is 44.6 Å². The van der Waals surface area contributed by atoms with Gasteiger partial charge in [0, 0.05) is 17.4 Å². The summed E-state index contributed by atoms with van der Waals surface area (Å²) in [7, 11) is 1.18. The van der Waals surface area contributed by atoms with Crippen LogP contribution in [0.4, 0.5) is 11.4 Å². The molecule has 0 radical (unpaired) electrons. The smallest absolute Gasteiger partial charge is 0.0710 e. The second kappa shape index (κ2) is 8.85. The Morgan fingerprint density at radius 2 is 1.40 bits per heavy atom. The molecule has 5 nitrogen and oxygen atoms in total. The molecule has 3 rings (SSSR count). The molecular weight excluding hydrogens is 314 g/mol. The Bertz CT molecular complexity index is 655. The molecule has 0 spiro atoms. The van der Waals surface area contributed by atoms with Crippen molar-refractivity contribution in [1.29, 1.82) is 0 Å². The lowest BCUT2D eigenvalue weighted by molar-refractivity contribution is -0.214. The maximum absolute atomic E-state index is 7.07. The molecule has 0 atom stereocenters. The number of hydrogen-bond acceptors (Lipinski definition) is 5. The standard InChI is InChI=1S/C19H25N3.CH4O2/c1-12-18(21)10-16(11-19(12)22)15-4-2-13(3-5-15)14-6-8-17(20)9-7-14;1-3-2/h2-5,10-11,14,17H,6-9,20-22H2,1H3;2H,1H3. The first kappa shape index (κ1) is 19.2. The maximum atomic E-state index is 7.07. The molecule has 5 heteroatoms. The number of anilines is 2. The number of hydrogen-bond donors (Lipinski definition) is 4. The molecule has 136 valence electrons. The minimum atomic E-state index is 0.397. The number of benzene rings is 2. The van der Waals surface area contributed by atoms with E-state index in [1.807, 2.05) is 19.1 Å². The highest BCUT2D eigenvalue weighted by molar-refractivity contribution is 5.75. The van der Waals surface area contributed by atoms with Gasteiger partial charge in [0.15, 0.2) is 0 Å². The second-order valence-electron chi connectivity index (χ2n) is 6.70. The van der Waals surface area contributed by atoms with E-state index in [1.165, 1.54) is 25.5 Å². The summed E-state index contributed by atoms with van der Waals surface area (Å²) >= 11 is 0. The summed E-state index contributed by atoms with van der Waals surface area (Å²) in [4.78, 5) is 3.25. The van der Waals surface area contributed by atoms with Gasteiger partial charge in [0.2, 0.25) is 0 Å². The van der Waals surface area contributed by atoms with E-state index in [-0.39, 0.29) is 0 Å². The van der Waals surface area contributed by atoms with Crippen LogP contribution in [0.15, 0.2) is 36.4 Å². The first-order valence-corrected chi connectivity index (χ1v) is 8.65. The van der Waals surface area contributed by atoms with E-state index in [2.05, 4.69) is 29.2 Å². The minimum absolute atomic E-state index is 0.397. The SMILES string of the molecule is COO.Cc1c(N)cc(-c2ccc(C3CCC(N)CC3)cc2)cc1N. The molecule has 1 aliphatic rings. The van der Waals surface area contributed by atoms with Gasteiger partial charge in [0.05, 0.1) is 7.11 Å². The molecule has 2 aromatic carbocycles. The van der Waals surface area contributed by atoms with Crippen LogP contribution in [-0.4, -0.2) is 18.4 Å². The van der Waals surface area contributed by atoms with Crippen LogP contribution in [0.1, 0.15) is 42.7 Å². The van der Waals surface area contributed by atoms with Gasteiger partial charge in [0.1, 0.15) is 0 Å². The van der Waals surface area contributed by atoms with E-state index in [4.69, 9.17) is 22.5 Å². The van der Waals surface area contributed by atoms with Crippen molar-refractivity contribution < 1.29 is 10.1 Å². The Balaban J connectivity index is 0.000000701. The van der Waals surface area contributed by atoms with Crippen LogP contribution in [0.25, 0.3) is 11.1 Å². The summed E-state index contributed by atoms with van der Waals surface area (Å²) in [5.41, 5.74) is 24.2. The zero-order chi connectivity index (χ0) is 18.4. The molecule has 25 heavy (non-hydrogen) atoms. The number of rotatable bonds is 2. The summed E-state index contributed by atoms with van der Waals surface area (Å²) in [5, 5.41) is 7.07. The van der Waals surface area contributed by atoms with Crippen molar-refractivity contribution in [2.24, 2.45) is 5.73 Å². The Kier molecular flexibility index (Phi) is 6.82. The lowest BCUT2D eigenvalue weighted by Crippen LogP contribution is -2.25. The highest BCUT2D eigenvalue weighted by Gasteiger charge is 2.19. The van der Waals surface area contributed by atoms with E-state index in [9.17, 15) is 0 Å². The molecule has 1 fully saturated rings. The van der Waals surface area contributed by atoms with Crippen molar-refractivity contribution in [3.05, 3.63) is 47.5 Å². The third-order valence-corrected chi connectivity index (χ3v) is 4.98. The first-order valence-electron chi connectivity index (χ1n) is 8.65. The van der Waals surface area contributed by atoms with Gasteiger partial charge in [-0.3, -0.25) is 5.26 Å². The highest BCUT2D eigenvalue weighted by Crippen LogP contribution is 2.34. The summed E-state index contributed by atoms with van der Waals surface area (Å²) in [5.74, 6) is 0.655. The number of nitrogens with two attached hydrogens (primary N) is 3. The van der Waals surface area contributed by atoms with E-state index < -0.39 is 0 Å². The Hall–Kier alpha value is -2.08. The average molecular weight is 343 g/mol. The van der Waals surface area contributed by atoms with Gasteiger partial charge in [-0.1, -0.05) is 24.3 Å². The minimum Gasteiger partial charge on any atom is -0.398 e. The Morgan fingerprint density at radius 3 is 1.88 bits per heavy atom. The average Bonchev–Trinajstić information content (AvgIpc) is 2.61. The summed E-state index contributed by atoms with van der Waals surface area (Å²) in [6.07, 6.45) is 4.67. The van der Waals surface area contributed by atoms with Crippen LogP contribution in [-0.2, 0) is 4.89 Å². The van der Waals surface area contributed by atoms with Gasteiger partial charge in [0.25, 0.3) is 0 Å². The molecule has 1 saturated carbocycles. The van der Waals surface area contributed by atoms with Gasteiger partial charge in [-0.25, -0.2) is 4.89 Å². The Labute approximate surface area is 149 Å². The lowest BCUT2D eigenvalue weighted by Gasteiger charge is -2.26. The predicted molar refractivity (Wildman–Crippen MR) is 104 cm³/mol. The molecule has 0 unspecified atom stereocenters. The van der Waals surface area contributed by atoms with Crippen LogP contribution in [0.2, 0.25) is 0 Å². The fourth-order valence-corrected chi connectivity index (χ4v) is 3.33. The molecule has 0 heterocycles. The monoisotopic (exact) mass is 343 g/mol. The Morgan fingerprint density at radius 1 is 0.920 bits per heavy atom. The molecular formula is C20H29N3O2. The van der Waals surface area contributed by atoms with Crippen molar-refractivity contribution in [2.75, 3.05) is 18.6 Å². The van der Waals surface area contributed by atoms with Crippen molar-refractivity contribution in [3.63, 3.8) is 0 Å². The van der Waals surface area contributed by atoms with Crippen LogP contribution >= 0.6 is 0 Å². The van der Waals surface area contributed by atoms with Crippen LogP contribution < -0.4 is 17.2 Å². The van der Waals surface area contributed by atoms with Crippen LogP contribution in [0, 0.1) is 6.92 Å². The topological polar surface area (TPSA) is 108 Å². The summed E-state index contributed by atoms with van der Waals surface area (Å²) in [6.45, 7) is 1.95. The van der Waals surface area contributed by atoms with Gasteiger partial charge in [-0.05, 0) is 72.9 Å². The zero-order valence-corrected chi connectivity index (χ0v) is 15.0. The molecule has 0 aromatic heterocycles. The normalized spacial score (nSPS) is 19.8. The molecule has 0 bridgehead atoms. The van der Waals surface area contributed by atoms with E-state index in [0.29, 0.717) is 12.0 Å². The second-order valence-corrected chi connectivity index (χ2v) is 6.70. The maximum Gasteiger partial charge on any atom is 0.0710 e. The fraction of sp³-hybridized carbons (Fsp3) is 0.400. The van der Waals surface area contributed by atoms with E-state index in [0.717, 1.165) is 40.9 Å². The molecule has 2 aromatic rings. The van der Waals surface area contributed by atoms with Gasteiger partial charge < -0.3 is 17.2 Å². The third-order valence-electron chi connectivity index (χ3n) is 4.98. The zero-order valence-electron chi connectivity index (χ0n) is 15.0. The summed E-state index contributed by atoms with van der Waals surface area (Å²) in [6, 6.07) is 13.2. The predicted octanol–water partition coefficient (Wildman–Crippen LogP) is 3.92. The molecule has 0 saturated heterocycles. The van der Waals surface area contributed by atoms with E-state index >= 15 is 0 Å². The van der Waals surface area contributed by atoms with Crippen molar-refractivity contribution >= 4 is 11.4 Å². The molecule has 1 aliphatic carbocycles. The van der Waals surface area contributed by atoms with Crippen molar-refractivity contribution in [3.8, 4) is 11.1 Å². The van der Waals surface area contributed by atoms with Gasteiger partial charge >= 0.3 is 0 Å². The van der Waals surface area contributed by atoms with Crippen LogP contribution in [0.5, 0.6) is 0 Å². The van der Waals surface area contributed by atoms with Gasteiger partial charge in [-0.15, -0.1) is 0 Å². The lowest BCUT2D eigenvalue weighted by atomic mass is 9.82. The fourth-order valence-electron chi connectivity index (χ4n) is 3.33. The largest absolute Gasteiger partial charge is 0.398 e. The highest BCUT2D eigenvalue weighted by atomic mass is 17.1. The first-order chi connectivity index (χ1) is 12.0. The third kappa shape index (κ3) is 4.95. The molecule has 0 aliphatic heterocycles.